The molecule has 0 saturated carbocycles. The molecule has 2 aromatic carbocycles. The van der Waals surface area contributed by atoms with E-state index in [1.165, 1.54) is 0 Å². The summed E-state index contributed by atoms with van der Waals surface area (Å²) >= 11 is 9.54. The second-order valence-electron chi connectivity index (χ2n) is 8.24. The third-order valence-electron chi connectivity index (χ3n) is 6.05. The van der Waals surface area contributed by atoms with Crippen molar-refractivity contribution >= 4 is 39.3 Å². The number of aliphatic hydroxyl groups excluding tert-OH is 1. The Morgan fingerprint density at radius 1 is 1.19 bits per heavy atom. The summed E-state index contributed by atoms with van der Waals surface area (Å²) in [5, 5.41) is 15.2. The summed E-state index contributed by atoms with van der Waals surface area (Å²) in [6.07, 6.45) is 3.26. The van der Waals surface area contributed by atoms with Crippen LogP contribution >= 0.6 is 27.5 Å². The van der Waals surface area contributed by atoms with E-state index in [-0.39, 0.29) is 12.0 Å². The minimum atomic E-state index is -0.887. The molecule has 2 aromatic rings. The first kappa shape index (κ1) is 22.8. The molecule has 7 heteroatoms. The van der Waals surface area contributed by atoms with Crippen LogP contribution in [0, 0.1) is 0 Å². The van der Waals surface area contributed by atoms with Gasteiger partial charge in [0.1, 0.15) is 0 Å². The van der Waals surface area contributed by atoms with Gasteiger partial charge < -0.3 is 20.1 Å². The summed E-state index contributed by atoms with van der Waals surface area (Å²) in [4.78, 5) is 4.73. The maximum Gasteiger partial charge on any atom is 0.163 e. The number of halogens is 2. The fourth-order valence-electron chi connectivity index (χ4n) is 4.17. The zero-order valence-electron chi connectivity index (χ0n) is 17.7. The van der Waals surface area contributed by atoms with Gasteiger partial charge in [-0.1, -0.05) is 57.9 Å². The lowest BCUT2D eigenvalue weighted by atomic mass is 9.93. The van der Waals surface area contributed by atoms with Crippen LogP contribution in [0.2, 0.25) is 5.02 Å². The average molecular weight is 507 g/mol. The number of anilines is 1. The number of piperazine rings is 1. The standard InChI is InChI=1S/C24H29BrClN3O2/c1-28-10-12-29(13-11-28)14-15-31-24(30)23-20-8-5-18(25)16-22(20)27-21(23)9-4-17-2-6-19(26)7-3-17/h2-9,16,21,23-24,27,30H,10-15H2,1H3/b9-4+/t21?,23?,24-/m0/s1. The van der Waals surface area contributed by atoms with Crippen LogP contribution in [0.25, 0.3) is 6.08 Å². The molecular formula is C24H29BrClN3O2. The Morgan fingerprint density at radius 2 is 1.94 bits per heavy atom. The molecule has 1 fully saturated rings. The zero-order chi connectivity index (χ0) is 21.8. The van der Waals surface area contributed by atoms with Crippen molar-refractivity contribution in [1.29, 1.82) is 0 Å². The predicted molar refractivity (Wildman–Crippen MR) is 131 cm³/mol. The molecule has 5 nitrogen and oxygen atoms in total. The Labute approximate surface area is 197 Å². The van der Waals surface area contributed by atoms with E-state index in [1.807, 2.05) is 30.3 Å². The molecule has 0 amide bonds. The van der Waals surface area contributed by atoms with E-state index >= 15 is 0 Å². The van der Waals surface area contributed by atoms with E-state index in [1.54, 1.807) is 0 Å². The minimum Gasteiger partial charge on any atom is -0.378 e. The van der Waals surface area contributed by atoms with E-state index in [9.17, 15) is 5.11 Å². The highest BCUT2D eigenvalue weighted by Crippen LogP contribution is 2.40. The summed E-state index contributed by atoms with van der Waals surface area (Å²) in [6.45, 7) is 5.60. The molecule has 2 unspecified atom stereocenters. The van der Waals surface area contributed by atoms with Crippen molar-refractivity contribution in [2.75, 3.05) is 51.7 Å². The normalized spacial score (nSPS) is 23.1. The first-order valence-electron chi connectivity index (χ1n) is 10.7. The van der Waals surface area contributed by atoms with Gasteiger partial charge in [-0.15, -0.1) is 0 Å². The highest BCUT2D eigenvalue weighted by atomic mass is 79.9. The molecule has 0 aliphatic carbocycles. The maximum atomic E-state index is 11.0. The number of hydrogen-bond acceptors (Lipinski definition) is 5. The summed E-state index contributed by atoms with van der Waals surface area (Å²) in [5.41, 5.74) is 3.15. The van der Waals surface area contributed by atoms with Crippen LogP contribution < -0.4 is 5.32 Å². The van der Waals surface area contributed by atoms with Crippen LogP contribution in [0.3, 0.4) is 0 Å². The second kappa shape index (κ2) is 10.5. The van der Waals surface area contributed by atoms with Crippen molar-refractivity contribution < 1.29 is 9.84 Å². The van der Waals surface area contributed by atoms with Crippen molar-refractivity contribution in [3.63, 3.8) is 0 Å². The summed E-state index contributed by atoms with van der Waals surface area (Å²) < 4.78 is 6.94. The number of nitrogens with zero attached hydrogens (tertiary/aromatic N) is 2. The van der Waals surface area contributed by atoms with Crippen LogP contribution in [0.1, 0.15) is 17.0 Å². The lowest BCUT2D eigenvalue weighted by Gasteiger charge is -2.32. The SMILES string of the molecule is CN1CCN(CCO[C@H](O)C2c3ccc(Br)cc3NC2/C=C/c2ccc(Cl)cc2)CC1. The molecule has 4 rings (SSSR count). The number of aliphatic hydroxyl groups is 1. The van der Waals surface area contributed by atoms with Crippen LogP contribution in [0.4, 0.5) is 5.69 Å². The number of hydrogen-bond donors (Lipinski definition) is 2. The Bertz CT molecular complexity index is 900. The molecule has 0 bridgehead atoms. The Hall–Kier alpha value is -1.41. The number of benzene rings is 2. The summed E-state index contributed by atoms with van der Waals surface area (Å²) in [5.74, 6) is -0.181. The Balaban J connectivity index is 1.43. The molecule has 31 heavy (non-hydrogen) atoms. The highest BCUT2D eigenvalue weighted by molar-refractivity contribution is 9.10. The van der Waals surface area contributed by atoms with Gasteiger partial charge in [-0.25, -0.2) is 0 Å². The molecule has 0 radical (unpaired) electrons. The summed E-state index contributed by atoms with van der Waals surface area (Å²) in [6, 6.07) is 13.8. The molecule has 2 heterocycles. The third-order valence-corrected chi connectivity index (χ3v) is 6.79. The van der Waals surface area contributed by atoms with Crippen LogP contribution in [-0.2, 0) is 4.74 Å². The number of ether oxygens (including phenoxy) is 1. The van der Waals surface area contributed by atoms with Crippen LogP contribution in [-0.4, -0.2) is 73.6 Å². The van der Waals surface area contributed by atoms with E-state index in [4.69, 9.17) is 16.3 Å². The molecule has 2 aliphatic rings. The minimum absolute atomic E-state index is 0.0707. The Morgan fingerprint density at radius 3 is 2.68 bits per heavy atom. The second-order valence-corrected chi connectivity index (χ2v) is 9.60. The molecular weight excluding hydrogens is 478 g/mol. The van der Waals surface area contributed by atoms with E-state index in [0.29, 0.717) is 6.61 Å². The van der Waals surface area contributed by atoms with Gasteiger partial charge in [-0.3, -0.25) is 4.90 Å². The van der Waals surface area contributed by atoms with Gasteiger partial charge in [0.25, 0.3) is 0 Å². The third kappa shape index (κ3) is 5.89. The Kier molecular flexibility index (Phi) is 7.69. The molecule has 1 saturated heterocycles. The molecule has 0 aromatic heterocycles. The highest BCUT2D eigenvalue weighted by Gasteiger charge is 2.36. The van der Waals surface area contributed by atoms with Crippen molar-refractivity contribution in [3.05, 3.63) is 69.2 Å². The van der Waals surface area contributed by atoms with Crippen molar-refractivity contribution in [1.82, 2.24) is 9.80 Å². The van der Waals surface area contributed by atoms with Gasteiger partial charge in [0, 0.05) is 47.9 Å². The fraction of sp³-hybridized carbons (Fsp3) is 0.417. The van der Waals surface area contributed by atoms with E-state index in [0.717, 1.165) is 59.0 Å². The molecule has 166 valence electrons. The number of likely N-dealkylation sites (N-methyl/N-ethyl adjacent to an activating group) is 1. The first-order chi connectivity index (χ1) is 15.0. The van der Waals surface area contributed by atoms with Gasteiger partial charge in [0.2, 0.25) is 0 Å². The molecule has 3 atom stereocenters. The quantitative estimate of drug-likeness (QED) is 0.549. The monoisotopic (exact) mass is 505 g/mol. The van der Waals surface area contributed by atoms with Gasteiger partial charge in [-0.05, 0) is 42.4 Å². The number of fused-ring (bicyclic) bond motifs is 1. The topological polar surface area (TPSA) is 48.0 Å². The van der Waals surface area contributed by atoms with Gasteiger partial charge in [-0.2, -0.15) is 0 Å². The fourth-order valence-corrected chi connectivity index (χ4v) is 4.66. The van der Waals surface area contributed by atoms with Crippen LogP contribution in [0.15, 0.2) is 53.0 Å². The van der Waals surface area contributed by atoms with Crippen molar-refractivity contribution in [2.24, 2.45) is 0 Å². The van der Waals surface area contributed by atoms with Gasteiger partial charge in [0.05, 0.1) is 18.6 Å². The first-order valence-corrected chi connectivity index (χ1v) is 11.9. The average Bonchev–Trinajstić information content (AvgIpc) is 3.12. The van der Waals surface area contributed by atoms with Crippen LogP contribution in [0.5, 0.6) is 0 Å². The van der Waals surface area contributed by atoms with E-state index < -0.39 is 6.29 Å². The predicted octanol–water partition coefficient (Wildman–Crippen LogP) is 4.28. The molecule has 2 N–H and O–H groups in total. The lowest BCUT2D eigenvalue weighted by Crippen LogP contribution is -2.45. The summed E-state index contributed by atoms with van der Waals surface area (Å²) in [7, 11) is 2.15. The number of nitrogens with one attached hydrogen (secondary N) is 1. The van der Waals surface area contributed by atoms with E-state index in [2.05, 4.69) is 62.4 Å². The zero-order valence-corrected chi connectivity index (χ0v) is 20.0. The van der Waals surface area contributed by atoms with Gasteiger partial charge in [0.15, 0.2) is 6.29 Å². The van der Waals surface area contributed by atoms with Crippen molar-refractivity contribution in [2.45, 2.75) is 18.2 Å². The largest absolute Gasteiger partial charge is 0.378 e. The van der Waals surface area contributed by atoms with Gasteiger partial charge >= 0.3 is 0 Å². The lowest BCUT2D eigenvalue weighted by molar-refractivity contribution is -0.119. The molecule has 0 spiro atoms. The molecule has 2 aliphatic heterocycles. The number of rotatable bonds is 7. The van der Waals surface area contributed by atoms with Crippen molar-refractivity contribution in [3.8, 4) is 0 Å². The smallest absolute Gasteiger partial charge is 0.163 e. The maximum absolute atomic E-state index is 11.0.